The van der Waals surface area contributed by atoms with Crippen LogP contribution in [-0.2, 0) is 0 Å². The topological polar surface area (TPSA) is 12.0 Å². The molecule has 1 atom stereocenters. The van der Waals surface area contributed by atoms with E-state index >= 15 is 0 Å². The maximum absolute atomic E-state index is 14.4. The van der Waals surface area contributed by atoms with Crippen molar-refractivity contribution in [2.75, 3.05) is 6.54 Å². The summed E-state index contributed by atoms with van der Waals surface area (Å²) >= 11 is 3.19. The van der Waals surface area contributed by atoms with Gasteiger partial charge in [0, 0.05) is 11.1 Å². The Balaban J connectivity index is 2.52. The van der Waals surface area contributed by atoms with E-state index in [2.05, 4.69) is 21.2 Å². The lowest BCUT2D eigenvalue weighted by Gasteiger charge is -2.21. The van der Waals surface area contributed by atoms with Crippen LogP contribution in [0.4, 0.5) is 8.78 Å². The van der Waals surface area contributed by atoms with Crippen molar-refractivity contribution in [3.63, 3.8) is 0 Å². The Labute approximate surface area is 132 Å². The molecule has 0 saturated carbocycles. The third kappa shape index (κ3) is 3.69. The predicted molar refractivity (Wildman–Crippen MR) is 85.4 cm³/mol. The number of benzene rings is 2. The lowest BCUT2D eigenvalue weighted by Crippen LogP contribution is -2.25. The molecule has 0 aliphatic rings. The minimum Gasteiger partial charge on any atom is -0.306 e. The molecule has 1 unspecified atom stereocenters. The summed E-state index contributed by atoms with van der Waals surface area (Å²) in [7, 11) is 0. The molecule has 0 heterocycles. The van der Waals surface area contributed by atoms with Gasteiger partial charge in [0.25, 0.3) is 0 Å². The molecular weight excluding hydrogens is 336 g/mol. The van der Waals surface area contributed by atoms with E-state index in [-0.39, 0.29) is 11.6 Å². The van der Waals surface area contributed by atoms with Crippen LogP contribution >= 0.6 is 15.9 Å². The first-order chi connectivity index (χ1) is 10.0. The molecule has 2 rings (SSSR count). The molecule has 0 aliphatic carbocycles. The monoisotopic (exact) mass is 353 g/mol. The van der Waals surface area contributed by atoms with Crippen LogP contribution in [0.15, 0.2) is 40.9 Å². The minimum absolute atomic E-state index is 0.325. The molecule has 112 valence electrons. The van der Waals surface area contributed by atoms with Crippen LogP contribution in [-0.4, -0.2) is 6.54 Å². The summed E-state index contributed by atoms with van der Waals surface area (Å²) in [5.74, 6) is -0.680. The van der Waals surface area contributed by atoms with Gasteiger partial charge in [0.1, 0.15) is 11.6 Å². The van der Waals surface area contributed by atoms with Crippen LogP contribution in [0.1, 0.15) is 36.1 Å². The van der Waals surface area contributed by atoms with Gasteiger partial charge in [0.15, 0.2) is 0 Å². The van der Waals surface area contributed by atoms with Gasteiger partial charge < -0.3 is 5.32 Å². The summed E-state index contributed by atoms with van der Waals surface area (Å²) in [5, 5.41) is 3.24. The molecule has 0 aromatic heterocycles. The van der Waals surface area contributed by atoms with Crippen molar-refractivity contribution < 1.29 is 8.78 Å². The van der Waals surface area contributed by atoms with Gasteiger partial charge in [-0.25, -0.2) is 8.78 Å². The quantitative estimate of drug-likeness (QED) is 0.785. The zero-order valence-corrected chi connectivity index (χ0v) is 13.7. The molecule has 0 spiro atoms. The minimum atomic E-state index is -0.498. The summed E-state index contributed by atoms with van der Waals surface area (Å²) in [5.41, 5.74) is 1.87. The van der Waals surface area contributed by atoms with Gasteiger partial charge in [-0.3, -0.25) is 0 Å². The zero-order valence-electron chi connectivity index (χ0n) is 12.1. The molecule has 0 radical (unpaired) electrons. The number of rotatable bonds is 5. The van der Waals surface area contributed by atoms with Crippen molar-refractivity contribution in [2.24, 2.45) is 0 Å². The predicted octanol–water partition coefficient (Wildman–Crippen LogP) is 5.12. The average Bonchev–Trinajstić information content (AvgIpc) is 2.47. The van der Waals surface area contributed by atoms with Crippen LogP contribution < -0.4 is 5.32 Å². The van der Waals surface area contributed by atoms with Crippen molar-refractivity contribution in [2.45, 2.75) is 26.3 Å². The fraction of sp³-hybridized carbons (Fsp3) is 0.294. The van der Waals surface area contributed by atoms with E-state index in [0.29, 0.717) is 22.1 Å². The lowest BCUT2D eigenvalue weighted by molar-refractivity contribution is 0.518. The molecule has 2 aromatic rings. The maximum atomic E-state index is 14.4. The second-order valence-electron chi connectivity index (χ2n) is 5.06. The Morgan fingerprint density at radius 1 is 1.14 bits per heavy atom. The molecule has 0 bridgehead atoms. The largest absolute Gasteiger partial charge is 0.306 e. The first kappa shape index (κ1) is 16.1. The van der Waals surface area contributed by atoms with E-state index in [1.807, 2.05) is 13.8 Å². The Morgan fingerprint density at radius 2 is 1.90 bits per heavy atom. The normalized spacial score (nSPS) is 12.4. The molecule has 21 heavy (non-hydrogen) atoms. The lowest BCUT2D eigenvalue weighted by atomic mass is 9.96. The average molecular weight is 354 g/mol. The molecule has 0 fully saturated rings. The van der Waals surface area contributed by atoms with Crippen molar-refractivity contribution in [3.05, 3.63) is 69.2 Å². The van der Waals surface area contributed by atoms with Crippen LogP contribution in [0.5, 0.6) is 0 Å². The Hall–Kier alpha value is -1.26. The standard InChI is InChI=1S/C17H18BrF2N/c1-3-9-21-17(12-5-4-6-14(18)16(12)20)13-10-11(2)7-8-15(13)19/h4-8,10,17,21H,3,9H2,1-2H3. The van der Waals surface area contributed by atoms with Crippen LogP contribution in [0.3, 0.4) is 0 Å². The fourth-order valence-corrected chi connectivity index (χ4v) is 2.69. The van der Waals surface area contributed by atoms with Crippen LogP contribution in [0, 0.1) is 18.6 Å². The second-order valence-corrected chi connectivity index (χ2v) is 5.91. The highest BCUT2D eigenvalue weighted by Gasteiger charge is 2.21. The summed E-state index contributed by atoms with van der Waals surface area (Å²) in [6.45, 7) is 4.61. The SMILES string of the molecule is CCCNC(c1cc(C)ccc1F)c1cccc(Br)c1F. The van der Waals surface area contributed by atoms with Crippen molar-refractivity contribution in [3.8, 4) is 0 Å². The van der Waals surface area contributed by atoms with Crippen LogP contribution in [0.25, 0.3) is 0 Å². The molecule has 1 N–H and O–H groups in total. The molecule has 0 amide bonds. The molecule has 2 aromatic carbocycles. The van der Waals surface area contributed by atoms with Crippen molar-refractivity contribution >= 4 is 15.9 Å². The molecule has 1 nitrogen and oxygen atoms in total. The van der Waals surface area contributed by atoms with Gasteiger partial charge in [-0.2, -0.15) is 0 Å². The number of nitrogens with one attached hydrogen (secondary N) is 1. The van der Waals surface area contributed by atoms with Gasteiger partial charge in [0.05, 0.1) is 10.5 Å². The van der Waals surface area contributed by atoms with Gasteiger partial charge in [0.2, 0.25) is 0 Å². The third-order valence-electron chi connectivity index (χ3n) is 3.35. The molecule has 4 heteroatoms. The fourth-order valence-electron chi connectivity index (χ4n) is 2.30. The molecule has 0 saturated heterocycles. The van der Waals surface area contributed by atoms with Crippen LogP contribution in [0.2, 0.25) is 0 Å². The van der Waals surface area contributed by atoms with Gasteiger partial charge in [-0.05, 0) is 48.0 Å². The van der Waals surface area contributed by atoms with E-state index in [9.17, 15) is 8.78 Å². The number of halogens is 3. The molecule has 0 aliphatic heterocycles. The highest BCUT2D eigenvalue weighted by atomic mass is 79.9. The van der Waals surface area contributed by atoms with Crippen molar-refractivity contribution in [1.29, 1.82) is 0 Å². The first-order valence-electron chi connectivity index (χ1n) is 6.98. The number of hydrogen-bond donors (Lipinski definition) is 1. The molecular formula is C17H18BrF2N. The zero-order chi connectivity index (χ0) is 15.4. The number of hydrogen-bond acceptors (Lipinski definition) is 1. The Bertz CT molecular complexity index is 626. The summed E-state index contributed by atoms with van der Waals surface area (Å²) < 4.78 is 29.0. The summed E-state index contributed by atoms with van der Waals surface area (Å²) in [6, 6.07) is 9.51. The van der Waals surface area contributed by atoms with Gasteiger partial charge >= 0.3 is 0 Å². The van der Waals surface area contributed by atoms with E-state index in [1.165, 1.54) is 6.07 Å². The number of aryl methyl sites for hydroxylation is 1. The van der Waals surface area contributed by atoms with E-state index in [4.69, 9.17) is 0 Å². The van der Waals surface area contributed by atoms with E-state index < -0.39 is 6.04 Å². The second kappa shape index (κ2) is 7.14. The summed E-state index contributed by atoms with van der Waals surface area (Å²) in [4.78, 5) is 0. The van der Waals surface area contributed by atoms with E-state index in [0.717, 1.165) is 12.0 Å². The Kier molecular flexibility index (Phi) is 5.48. The van der Waals surface area contributed by atoms with Gasteiger partial charge in [-0.1, -0.05) is 36.8 Å². The highest BCUT2D eigenvalue weighted by Crippen LogP contribution is 2.30. The summed E-state index contributed by atoms with van der Waals surface area (Å²) in [6.07, 6.45) is 0.888. The smallest absolute Gasteiger partial charge is 0.142 e. The van der Waals surface area contributed by atoms with Crippen molar-refractivity contribution in [1.82, 2.24) is 5.32 Å². The Morgan fingerprint density at radius 3 is 2.62 bits per heavy atom. The third-order valence-corrected chi connectivity index (χ3v) is 3.97. The first-order valence-corrected chi connectivity index (χ1v) is 7.77. The van der Waals surface area contributed by atoms with Gasteiger partial charge in [-0.15, -0.1) is 0 Å². The highest BCUT2D eigenvalue weighted by molar-refractivity contribution is 9.10. The maximum Gasteiger partial charge on any atom is 0.142 e. The van der Waals surface area contributed by atoms with E-state index in [1.54, 1.807) is 30.3 Å².